The highest BCUT2D eigenvalue weighted by molar-refractivity contribution is 7.91. The Kier molecular flexibility index (Phi) is 3.53. The standard InChI is InChI=1S/C11H19N3O2S/c1-3-12-6-10-7-13-14(9(10)2)11-4-5-17(15,16)8-11/h7,11-12H,3-6,8H2,1-2H3. The molecule has 2 rings (SSSR count). The first kappa shape index (κ1) is 12.6. The summed E-state index contributed by atoms with van der Waals surface area (Å²) < 4.78 is 24.8. The lowest BCUT2D eigenvalue weighted by Gasteiger charge is -2.11. The summed E-state index contributed by atoms with van der Waals surface area (Å²) in [6.45, 7) is 5.78. The third kappa shape index (κ3) is 2.69. The predicted octanol–water partition coefficient (Wildman–Crippen LogP) is 0.661. The highest BCUT2D eigenvalue weighted by atomic mass is 32.2. The molecular weight excluding hydrogens is 238 g/mol. The lowest BCUT2D eigenvalue weighted by atomic mass is 10.2. The van der Waals surface area contributed by atoms with Crippen LogP contribution in [0.4, 0.5) is 0 Å². The molecule has 6 heteroatoms. The van der Waals surface area contributed by atoms with E-state index in [4.69, 9.17) is 0 Å². The third-order valence-electron chi connectivity index (χ3n) is 3.27. The molecule has 1 aromatic heterocycles. The van der Waals surface area contributed by atoms with Crippen LogP contribution in [0.5, 0.6) is 0 Å². The van der Waals surface area contributed by atoms with Crippen LogP contribution in [0.1, 0.15) is 30.6 Å². The molecule has 0 bridgehead atoms. The maximum absolute atomic E-state index is 11.5. The quantitative estimate of drug-likeness (QED) is 0.860. The van der Waals surface area contributed by atoms with Crippen LogP contribution >= 0.6 is 0 Å². The van der Waals surface area contributed by atoms with Gasteiger partial charge in [-0.3, -0.25) is 4.68 Å². The second-order valence-electron chi connectivity index (χ2n) is 4.54. The Hall–Kier alpha value is -0.880. The average Bonchev–Trinajstić information content (AvgIpc) is 2.79. The molecule has 0 aromatic carbocycles. The van der Waals surface area contributed by atoms with Crippen molar-refractivity contribution in [3.63, 3.8) is 0 Å². The maximum atomic E-state index is 11.5. The summed E-state index contributed by atoms with van der Waals surface area (Å²) in [5, 5.41) is 7.58. The Morgan fingerprint density at radius 2 is 2.35 bits per heavy atom. The van der Waals surface area contributed by atoms with E-state index in [0.717, 1.165) is 24.3 Å². The van der Waals surface area contributed by atoms with Crippen molar-refractivity contribution in [1.29, 1.82) is 0 Å². The summed E-state index contributed by atoms with van der Waals surface area (Å²) in [5.41, 5.74) is 2.23. The van der Waals surface area contributed by atoms with Gasteiger partial charge in [-0.25, -0.2) is 8.42 Å². The highest BCUT2D eigenvalue weighted by Gasteiger charge is 2.30. The van der Waals surface area contributed by atoms with Gasteiger partial charge in [-0.1, -0.05) is 6.92 Å². The van der Waals surface area contributed by atoms with Crippen molar-refractivity contribution < 1.29 is 8.42 Å². The summed E-state index contributed by atoms with van der Waals surface area (Å²) in [4.78, 5) is 0. The van der Waals surface area contributed by atoms with Crippen molar-refractivity contribution in [3.05, 3.63) is 17.5 Å². The van der Waals surface area contributed by atoms with E-state index in [-0.39, 0.29) is 11.8 Å². The summed E-state index contributed by atoms with van der Waals surface area (Å²) in [6, 6.07) is 0.0235. The van der Waals surface area contributed by atoms with Gasteiger partial charge in [-0.2, -0.15) is 5.10 Å². The van der Waals surface area contributed by atoms with E-state index in [0.29, 0.717) is 12.2 Å². The number of hydrogen-bond acceptors (Lipinski definition) is 4. The second kappa shape index (κ2) is 4.78. The number of nitrogens with one attached hydrogen (secondary N) is 1. The zero-order valence-corrected chi connectivity index (χ0v) is 11.1. The normalized spacial score (nSPS) is 23.1. The first-order valence-corrected chi connectivity index (χ1v) is 7.79. The Bertz CT molecular complexity index is 493. The van der Waals surface area contributed by atoms with Gasteiger partial charge < -0.3 is 5.32 Å². The summed E-state index contributed by atoms with van der Waals surface area (Å²) in [6.07, 6.45) is 2.52. The fourth-order valence-electron chi connectivity index (χ4n) is 2.23. The second-order valence-corrected chi connectivity index (χ2v) is 6.77. The minimum Gasteiger partial charge on any atom is -0.313 e. The van der Waals surface area contributed by atoms with E-state index in [1.54, 1.807) is 0 Å². The molecule has 0 saturated carbocycles. The lowest BCUT2D eigenvalue weighted by molar-refractivity contribution is 0.487. The SMILES string of the molecule is CCNCc1cnn(C2CCS(=O)(=O)C2)c1C. The molecule has 0 amide bonds. The van der Waals surface area contributed by atoms with Gasteiger partial charge in [-0.15, -0.1) is 0 Å². The molecule has 1 atom stereocenters. The highest BCUT2D eigenvalue weighted by Crippen LogP contribution is 2.25. The van der Waals surface area contributed by atoms with Gasteiger partial charge in [0.05, 0.1) is 23.7 Å². The largest absolute Gasteiger partial charge is 0.313 e. The van der Waals surface area contributed by atoms with Crippen molar-refractivity contribution >= 4 is 9.84 Å². The van der Waals surface area contributed by atoms with Gasteiger partial charge in [0.2, 0.25) is 0 Å². The van der Waals surface area contributed by atoms with Crippen molar-refractivity contribution in [3.8, 4) is 0 Å². The van der Waals surface area contributed by atoms with Crippen LogP contribution in [0, 0.1) is 6.92 Å². The Morgan fingerprint density at radius 1 is 1.59 bits per heavy atom. The zero-order chi connectivity index (χ0) is 12.5. The fourth-order valence-corrected chi connectivity index (χ4v) is 3.92. The van der Waals surface area contributed by atoms with Crippen LogP contribution < -0.4 is 5.32 Å². The van der Waals surface area contributed by atoms with E-state index in [9.17, 15) is 8.42 Å². The van der Waals surface area contributed by atoms with Crippen LogP contribution in [0.2, 0.25) is 0 Å². The van der Waals surface area contributed by atoms with Crippen LogP contribution in [0.3, 0.4) is 0 Å². The smallest absolute Gasteiger partial charge is 0.152 e. The van der Waals surface area contributed by atoms with Crippen LogP contribution in [0.15, 0.2) is 6.20 Å². The van der Waals surface area contributed by atoms with Crippen LogP contribution in [-0.4, -0.2) is 36.2 Å². The molecule has 1 aliphatic rings. The number of rotatable bonds is 4. The Morgan fingerprint density at radius 3 is 2.94 bits per heavy atom. The van der Waals surface area contributed by atoms with Crippen molar-refractivity contribution in [2.24, 2.45) is 0 Å². The van der Waals surface area contributed by atoms with E-state index < -0.39 is 9.84 Å². The van der Waals surface area contributed by atoms with Crippen molar-refractivity contribution in [2.75, 3.05) is 18.1 Å². The molecule has 0 spiro atoms. The Balaban J connectivity index is 2.15. The summed E-state index contributed by atoms with van der Waals surface area (Å²) in [7, 11) is -2.84. The molecule has 1 unspecified atom stereocenters. The van der Waals surface area contributed by atoms with E-state index in [1.807, 2.05) is 17.8 Å². The molecular formula is C11H19N3O2S. The minimum absolute atomic E-state index is 0.0235. The first-order valence-electron chi connectivity index (χ1n) is 5.97. The van der Waals surface area contributed by atoms with E-state index in [2.05, 4.69) is 17.3 Å². The number of aromatic nitrogens is 2. The van der Waals surface area contributed by atoms with E-state index in [1.165, 1.54) is 0 Å². The topological polar surface area (TPSA) is 64.0 Å². The molecule has 2 heterocycles. The molecule has 0 aliphatic carbocycles. The zero-order valence-electron chi connectivity index (χ0n) is 10.3. The molecule has 1 saturated heterocycles. The molecule has 1 aromatic rings. The van der Waals surface area contributed by atoms with Gasteiger partial charge in [0.25, 0.3) is 0 Å². The summed E-state index contributed by atoms with van der Waals surface area (Å²) in [5.74, 6) is 0.523. The van der Waals surface area contributed by atoms with Crippen LogP contribution in [-0.2, 0) is 16.4 Å². The molecule has 1 N–H and O–H groups in total. The Labute approximate surface area is 102 Å². The van der Waals surface area contributed by atoms with Gasteiger partial charge in [0.15, 0.2) is 9.84 Å². The van der Waals surface area contributed by atoms with Crippen molar-refractivity contribution in [1.82, 2.24) is 15.1 Å². The first-order chi connectivity index (χ1) is 8.03. The lowest BCUT2D eigenvalue weighted by Crippen LogP contribution is -2.15. The van der Waals surface area contributed by atoms with Gasteiger partial charge in [0.1, 0.15) is 0 Å². The monoisotopic (exact) mass is 257 g/mol. The van der Waals surface area contributed by atoms with Crippen molar-refractivity contribution in [2.45, 2.75) is 32.9 Å². The molecule has 96 valence electrons. The van der Waals surface area contributed by atoms with Gasteiger partial charge in [-0.05, 0) is 19.9 Å². The van der Waals surface area contributed by atoms with E-state index >= 15 is 0 Å². The molecule has 1 aliphatic heterocycles. The number of nitrogens with zero attached hydrogens (tertiary/aromatic N) is 2. The predicted molar refractivity (Wildman–Crippen MR) is 66.7 cm³/mol. The third-order valence-corrected chi connectivity index (χ3v) is 5.02. The number of hydrogen-bond donors (Lipinski definition) is 1. The minimum atomic E-state index is -2.84. The maximum Gasteiger partial charge on any atom is 0.152 e. The molecule has 1 fully saturated rings. The summed E-state index contributed by atoms with van der Waals surface area (Å²) >= 11 is 0. The average molecular weight is 257 g/mol. The van der Waals surface area contributed by atoms with Gasteiger partial charge in [0, 0.05) is 17.8 Å². The number of sulfone groups is 1. The fraction of sp³-hybridized carbons (Fsp3) is 0.727. The molecule has 17 heavy (non-hydrogen) atoms. The molecule has 0 radical (unpaired) electrons. The van der Waals surface area contributed by atoms with Gasteiger partial charge >= 0.3 is 0 Å². The van der Waals surface area contributed by atoms with Crippen LogP contribution in [0.25, 0.3) is 0 Å². The molecule has 5 nitrogen and oxygen atoms in total.